The summed E-state index contributed by atoms with van der Waals surface area (Å²) >= 11 is 0. The van der Waals surface area contributed by atoms with Crippen molar-refractivity contribution in [3.63, 3.8) is 0 Å². The van der Waals surface area contributed by atoms with Crippen molar-refractivity contribution < 1.29 is 9.53 Å². The third-order valence-corrected chi connectivity index (χ3v) is 2.15. The number of hydrogen-bond donors (Lipinski definition) is 1. The van der Waals surface area contributed by atoms with E-state index in [1.165, 1.54) is 0 Å². The van der Waals surface area contributed by atoms with E-state index >= 15 is 0 Å². The summed E-state index contributed by atoms with van der Waals surface area (Å²) in [5.74, 6) is -0.122. The van der Waals surface area contributed by atoms with Crippen molar-refractivity contribution in [3.8, 4) is 0 Å². The Labute approximate surface area is 95.8 Å². The molecule has 0 spiro atoms. The molecular formula is C11H19N3O2. The van der Waals surface area contributed by atoms with Crippen LogP contribution in [0.15, 0.2) is 12.3 Å². The maximum atomic E-state index is 11.6. The van der Waals surface area contributed by atoms with Gasteiger partial charge in [-0.25, -0.2) is 0 Å². The second-order valence-corrected chi connectivity index (χ2v) is 3.36. The minimum atomic E-state index is -0.122. The third-order valence-electron chi connectivity index (χ3n) is 2.15. The molecule has 90 valence electrons. The largest absolute Gasteiger partial charge is 0.382 e. The summed E-state index contributed by atoms with van der Waals surface area (Å²) in [7, 11) is 0. The first-order chi connectivity index (χ1) is 7.77. The average Bonchev–Trinajstić information content (AvgIpc) is 2.77. The van der Waals surface area contributed by atoms with Crippen molar-refractivity contribution >= 4 is 5.91 Å². The van der Waals surface area contributed by atoms with Crippen molar-refractivity contribution in [1.82, 2.24) is 15.1 Å². The Balaban J connectivity index is 2.24. The Hall–Kier alpha value is -1.36. The van der Waals surface area contributed by atoms with E-state index in [0.717, 1.165) is 19.6 Å². The van der Waals surface area contributed by atoms with Gasteiger partial charge in [0.2, 0.25) is 0 Å². The van der Waals surface area contributed by atoms with Crippen LogP contribution in [-0.2, 0) is 11.3 Å². The van der Waals surface area contributed by atoms with Crippen molar-refractivity contribution in [2.75, 3.05) is 19.8 Å². The van der Waals surface area contributed by atoms with Crippen molar-refractivity contribution in [2.24, 2.45) is 0 Å². The lowest BCUT2D eigenvalue weighted by atomic mass is 10.4. The Bertz CT molecular complexity index is 323. The van der Waals surface area contributed by atoms with Gasteiger partial charge in [-0.3, -0.25) is 9.48 Å². The fourth-order valence-corrected chi connectivity index (χ4v) is 1.27. The lowest BCUT2D eigenvalue weighted by Crippen LogP contribution is -2.25. The van der Waals surface area contributed by atoms with Crippen molar-refractivity contribution in [2.45, 2.75) is 26.8 Å². The molecule has 0 atom stereocenters. The van der Waals surface area contributed by atoms with Crippen molar-refractivity contribution in [1.29, 1.82) is 0 Å². The van der Waals surface area contributed by atoms with E-state index in [9.17, 15) is 4.79 Å². The van der Waals surface area contributed by atoms with E-state index < -0.39 is 0 Å². The van der Waals surface area contributed by atoms with Crippen LogP contribution in [0, 0.1) is 0 Å². The number of carbonyl (C=O) groups is 1. The van der Waals surface area contributed by atoms with Gasteiger partial charge in [-0.1, -0.05) is 0 Å². The molecule has 0 aliphatic carbocycles. The van der Waals surface area contributed by atoms with Gasteiger partial charge in [-0.15, -0.1) is 0 Å². The number of amides is 1. The molecule has 0 saturated carbocycles. The molecule has 0 fully saturated rings. The van der Waals surface area contributed by atoms with E-state index in [4.69, 9.17) is 4.74 Å². The molecule has 1 N–H and O–H groups in total. The van der Waals surface area contributed by atoms with Gasteiger partial charge in [-0.05, 0) is 26.3 Å². The van der Waals surface area contributed by atoms with Crippen LogP contribution in [0.25, 0.3) is 0 Å². The molecule has 1 rings (SSSR count). The molecule has 0 bridgehead atoms. The number of nitrogens with zero attached hydrogens (tertiary/aromatic N) is 2. The normalized spacial score (nSPS) is 10.4. The van der Waals surface area contributed by atoms with Crippen LogP contribution in [0.5, 0.6) is 0 Å². The predicted molar refractivity (Wildman–Crippen MR) is 61.3 cm³/mol. The molecule has 0 aliphatic rings. The zero-order valence-corrected chi connectivity index (χ0v) is 9.90. The van der Waals surface area contributed by atoms with Crippen LogP contribution in [0.3, 0.4) is 0 Å². The van der Waals surface area contributed by atoms with Gasteiger partial charge in [0.15, 0.2) is 0 Å². The van der Waals surface area contributed by atoms with Gasteiger partial charge >= 0.3 is 0 Å². The van der Waals surface area contributed by atoms with Crippen LogP contribution in [0.4, 0.5) is 0 Å². The Kier molecular flexibility index (Phi) is 5.56. The number of aromatic nitrogens is 2. The number of nitrogens with one attached hydrogen (secondary N) is 1. The second-order valence-electron chi connectivity index (χ2n) is 3.36. The van der Waals surface area contributed by atoms with E-state index in [2.05, 4.69) is 10.4 Å². The Morgan fingerprint density at radius 3 is 3.00 bits per heavy atom. The molecule has 5 heteroatoms. The number of carbonyl (C=O) groups excluding carboxylic acids is 1. The first kappa shape index (κ1) is 12.7. The van der Waals surface area contributed by atoms with E-state index in [0.29, 0.717) is 18.8 Å². The topological polar surface area (TPSA) is 56.1 Å². The minimum Gasteiger partial charge on any atom is -0.382 e. The maximum Gasteiger partial charge on any atom is 0.271 e. The fourth-order valence-electron chi connectivity index (χ4n) is 1.27. The molecule has 0 unspecified atom stereocenters. The van der Waals surface area contributed by atoms with Crippen LogP contribution in [0.2, 0.25) is 0 Å². The van der Waals surface area contributed by atoms with E-state index in [1.54, 1.807) is 16.9 Å². The standard InChI is InChI=1S/C11H19N3O2/c1-3-14-8-6-10(13-14)11(15)12-7-5-9-16-4-2/h6,8H,3-5,7,9H2,1-2H3,(H,12,15). The van der Waals surface area contributed by atoms with Gasteiger partial charge in [0, 0.05) is 32.5 Å². The zero-order chi connectivity index (χ0) is 11.8. The highest BCUT2D eigenvalue weighted by atomic mass is 16.5. The summed E-state index contributed by atoms with van der Waals surface area (Å²) < 4.78 is 6.90. The first-order valence-electron chi connectivity index (χ1n) is 5.67. The summed E-state index contributed by atoms with van der Waals surface area (Å²) in [5, 5.41) is 6.92. The lowest BCUT2D eigenvalue weighted by Gasteiger charge is -2.03. The van der Waals surface area contributed by atoms with E-state index in [1.807, 2.05) is 13.8 Å². The summed E-state index contributed by atoms with van der Waals surface area (Å²) in [6.07, 6.45) is 2.63. The zero-order valence-electron chi connectivity index (χ0n) is 9.90. The molecule has 5 nitrogen and oxygen atoms in total. The fraction of sp³-hybridized carbons (Fsp3) is 0.636. The molecule has 1 heterocycles. The lowest BCUT2D eigenvalue weighted by molar-refractivity contribution is 0.0938. The van der Waals surface area contributed by atoms with Crippen LogP contribution in [-0.4, -0.2) is 35.4 Å². The highest BCUT2D eigenvalue weighted by Gasteiger charge is 2.07. The molecule has 16 heavy (non-hydrogen) atoms. The quantitative estimate of drug-likeness (QED) is 0.706. The molecule has 0 saturated heterocycles. The molecular weight excluding hydrogens is 206 g/mol. The summed E-state index contributed by atoms with van der Waals surface area (Å²) in [6, 6.07) is 1.72. The molecule has 1 aromatic heterocycles. The minimum absolute atomic E-state index is 0.122. The van der Waals surface area contributed by atoms with Gasteiger partial charge in [0.25, 0.3) is 5.91 Å². The molecule has 1 amide bonds. The average molecular weight is 225 g/mol. The highest BCUT2D eigenvalue weighted by molar-refractivity contribution is 5.92. The van der Waals surface area contributed by atoms with Crippen LogP contribution < -0.4 is 5.32 Å². The molecule has 0 aromatic carbocycles. The summed E-state index contributed by atoms with van der Waals surface area (Å²) in [4.78, 5) is 11.6. The maximum absolute atomic E-state index is 11.6. The SMILES string of the molecule is CCOCCCNC(=O)c1ccn(CC)n1. The Morgan fingerprint density at radius 1 is 1.56 bits per heavy atom. The number of aryl methyl sites for hydroxylation is 1. The highest BCUT2D eigenvalue weighted by Crippen LogP contribution is 1.95. The summed E-state index contributed by atoms with van der Waals surface area (Å²) in [6.45, 7) is 6.73. The number of rotatable bonds is 7. The number of ether oxygens (including phenoxy) is 1. The molecule has 1 aromatic rings. The predicted octanol–water partition coefficient (Wildman–Crippen LogP) is 1.06. The molecule has 0 aliphatic heterocycles. The van der Waals surface area contributed by atoms with Gasteiger partial charge in [0.1, 0.15) is 5.69 Å². The molecule has 0 radical (unpaired) electrons. The Morgan fingerprint density at radius 2 is 2.38 bits per heavy atom. The van der Waals surface area contributed by atoms with Crippen LogP contribution in [0.1, 0.15) is 30.8 Å². The number of hydrogen-bond acceptors (Lipinski definition) is 3. The van der Waals surface area contributed by atoms with E-state index in [-0.39, 0.29) is 5.91 Å². The monoisotopic (exact) mass is 225 g/mol. The van der Waals surface area contributed by atoms with Gasteiger partial charge in [0.05, 0.1) is 0 Å². The second kappa shape index (κ2) is 7.00. The van der Waals surface area contributed by atoms with Crippen LogP contribution >= 0.6 is 0 Å². The summed E-state index contributed by atoms with van der Waals surface area (Å²) in [5.41, 5.74) is 0.471. The van der Waals surface area contributed by atoms with Gasteiger partial charge in [-0.2, -0.15) is 5.10 Å². The smallest absolute Gasteiger partial charge is 0.271 e. The van der Waals surface area contributed by atoms with Gasteiger partial charge < -0.3 is 10.1 Å². The third kappa shape index (κ3) is 4.02. The van der Waals surface area contributed by atoms with Crippen molar-refractivity contribution in [3.05, 3.63) is 18.0 Å². The first-order valence-corrected chi connectivity index (χ1v) is 5.67.